The lowest BCUT2D eigenvalue weighted by Gasteiger charge is -2.34. The molecule has 1 fully saturated rings. The molecule has 1 aromatic rings. The van der Waals surface area contributed by atoms with E-state index in [1.54, 1.807) is 12.1 Å². The van der Waals surface area contributed by atoms with E-state index in [4.69, 9.17) is 14.2 Å². The maximum Gasteiger partial charge on any atom is 0.338 e. The van der Waals surface area contributed by atoms with Gasteiger partial charge in [0, 0.05) is 6.04 Å². The summed E-state index contributed by atoms with van der Waals surface area (Å²) in [6, 6.07) is 3.30. The Labute approximate surface area is 175 Å². The highest BCUT2D eigenvalue weighted by Crippen LogP contribution is 2.37. The third-order valence-electron chi connectivity index (χ3n) is 5.30. The van der Waals surface area contributed by atoms with E-state index >= 15 is 0 Å². The normalized spacial score (nSPS) is 21.7. The fourth-order valence-corrected chi connectivity index (χ4v) is 3.99. The van der Waals surface area contributed by atoms with Crippen LogP contribution in [0.4, 0.5) is 0 Å². The molecular formula is C21H30BrNO5. The zero-order valence-corrected chi connectivity index (χ0v) is 18.6. The third kappa shape index (κ3) is 5.87. The van der Waals surface area contributed by atoms with Crippen LogP contribution in [0.25, 0.3) is 0 Å². The van der Waals surface area contributed by atoms with Crippen LogP contribution in [0.15, 0.2) is 16.6 Å². The maximum atomic E-state index is 12.4. The molecule has 1 aliphatic rings. The van der Waals surface area contributed by atoms with E-state index < -0.39 is 5.97 Å². The summed E-state index contributed by atoms with van der Waals surface area (Å²) in [4.78, 5) is 24.6. The number of ether oxygens (including phenoxy) is 3. The summed E-state index contributed by atoms with van der Waals surface area (Å²) in [6.07, 6.45) is 4.12. The summed E-state index contributed by atoms with van der Waals surface area (Å²) in [6.45, 7) is 6.61. The SMILES string of the molecule is CCCOc1c(Br)cc(C(=O)OCC(=O)NC2CCCC(C)C2C)cc1OC. The van der Waals surface area contributed by atoms with Crippen molar-refractivity contribution in [2.75, 3.05) is 20.3 Å². The van der Waals surface area contributed by atoms with Crippen molar-refractivity contribution in [3.63, 3.8) is 0 Å². The molecule has 1 saturated carbocycles. The molecule has 0 heterocycles. The van der Waals surface area contributed by atoms with Crippen LogP contribution < -0.4 is 14.8 Å². The molecule has 0 saturated heterocycles. The lowest BCUT2D eigenvalue weighted by molar-refractivity contribution is -0.125. The summed E-state index contributed by atoms with van der Waals surface area (Å²) in [5.74, 6) is 1.13. The van der Waals surface area contributed by atoms with Gasteiger partial charge >= 0.3 is 5.97 Å². The molecule has 156 valence electrons. The second-order valence-corrected chi connectivity index (χ2v) is 8.21. The number of benzene rings is 1. The predicted molar refractivity (Wildman–Crippen MR) is 111 cm³/mol. The van der Waals surface area contributed by atoms with Crippen LogP contribution in [-0.4, -0.2) is 38.2 Å². The molecule has 0 aliphatic heterocycles. The first kappa shape index (κ1) is 22.5. The zero-order valence-electron chi connectivity index (χ0n) is 17.0. The van der Waals surface area contributed by atoms with Gasteiger partial charge in [-0.05, 0) is 52.7 Å². The van der Waals surface area contributed by atoms with Gasteiger partial charge in [-0.3, -0.25) is 4.79 Å². The smallest absolute Gasteiger partial charge is 0.338 e. The molecule has 0 spiro atoms. The molecule has 7 heteroatoms. The predicted octanol–water partition coefficient (Wildman–Crippen LogP) is 4.34. The number of rotatable bonds is 8. The minimum absolute atomic E-state index is 0.138. The molecule has 3 atom stereocenters. The Morgan fingerprint density at radius 2 is 2.00 bits per heavy atom. The summed E-state index contributed by atoms with van der Waals surface area (Å²) >= 11 is 3.40. The van der Waals surface area contributed by atoms with Gasteiger partial charge in [-0.15, -0.1) is 0 Å². The van der Waals surface area contributed by atoms with Crippen LogP contribution in [0.3, 0.4) is 0 Å². The number of hydrogen-bond acceptors (Lipinski definition) is 5. The molecule has 1 aliphatic carbocycles. The molecule has 0 radical (unpaired) electrons. The van der Waals surface area contributed by atoms with E-state index in [0.717, 1.165) is 19.3 Å². The fraction of sp³-hybridized carbons (Fsp3) is 0.619. The maximum absolute atomic E-state index is 12.4. The monoisotopic (exact) mass is 455 g/mol. The molecule has 1 aromatic carbocycles. The van der Waals surface area contributed by atoms with Crippen LogP contribution in [0.5, 0.6) is 11.5 Å². The van der Waals surface area contributed by atoms with Crippen LogP contribution >= 0.6 is 15.9 Å². The van der Waals surface area contributed by atoms with E-state index in [2.05, 4.69) is 35.1 Å². The molecule has 0 bridgehead atoms. The van der Waals surface area contributed by atoms with Gasteiger partial charge in [-0.25, -0.2) is 4.79 Å². The largest absolute Gasteiger partial charge is 0.493 e. The average Bonchev–Trinajstić information content (AvgIpc) is 2.68. The van der Waals surface area contributed by atoms with Gasteiger partial charge in [0.05, 0.1) is 23.8 Å². The van der Waals surface area contributed by atoms with Crippen molar-refractivity contribution in [3.05, 3.63) is 22.2 Å². The van der Waals surface area contributed by atoms with Gasteiger partial charge < -0.3 is 19.5 Å². The number of hydrogen-bond donors (Lipinski definition) is 1. The summed E-state index contributed by atoms with van der Waals surface area (Å²) in [5.41, 5.74) is 0.292. The first-order chi connectivity index (χ1) is 13.4. The van der Waals surface area contributed by atoms with Crippen molar-refractivity contribution < 1.29 is 23.8 Å². The Bertz CT molecular complexity index is 694. The van der Waals surface area contributed by atoms with E-state index in [-0.39, 0.29) is 18.6 Å². The first-order valence-corrected chi connectivity index (χ1v) is 10.6. The van der Waals surface area contributed by atoms with Gasteiger partial charge in [0.2, 0.25) is 0 Å². The van der Waals surface area contributed by atoms with E-state index in [1.807, 2.05) is 6.92 Å². The number of carbonyl (C=O) groups excluding carboxylic acids is 2. The molecule has 3 unspecified atom stereocenters. The molecule has 28 heavy (non-hydrogen) atoms. The van der Waals surface area contributed by atoms with Crippen molar-refractivity contribution in [1.82, 2.24) is 5.32 Å². The van der Waals surface area contributed by atoms with E-state index in [0.29, 0.717) is 40.0 Å². The topological polar surface area (TPSA) is 73.9 Å². The number of amides is 1. The minimum Gasteiger partial charge on any atom is -0.493 e. The highest BCUT2D eigenvalue weighted by Gasteiger charge is 2.28. The van der Waals surface area contributed by atoms with Crippen LogP contribution in [0.2, 0.25) is 0 Å². The van der Waals surface area contributed by atoms with Crippen molar-refractivity contribution in [2.24, 2.45) is 11.8 Å². The Balaban J connectivity index is 1.95. The Morgan fingerprint density at radius 3 is 2.68 bits per heavy atom. The van der Waals surface area contributed by atoms with E-state index in [1.165, 1.54) is 13.5 Å². The standard InChI is InChI=1S/C21H30BrNO5/c1-5-9-27-20-16(22)10-15(11-18(20)26-4)21(25)28-12-19(24)23-17-8-6-7-13(2)14(17)3/h10-11,13-14,17H,5-9,12H2,1-4H3,(H,23,24). The number of halogens is 1. The highest BCUT2D eigenvalue weighted by atomic mass is 79.9. The van der Waals surface area contributed by atoms with Crippen molar-refractivity contribution in [3.8, 4) is 11.5 Å². The number of nitrogens with one attached hydrogen (secondary N) is 1. The first-order valence-electron chi connectivity index (χ1n) is 9.84. The Hall–Kier alpha value is -1.76. The van der Waals surface area contributed by atoms with Gasteiger partial charge in [0.25, 0.3) is 5.91 Å². The number of methoxy groups -OCH3 is 1. The third-order valence-corrected chi connectivity index (χ3v) is 5.89. The second kappa shape index (κ2) is 10.7. The van der Waals surface area contributed by atoms with Crippen molar-refractivity contribution in [2.45, 2.75) is 52.5 Å². The van der Waals surface area contributed by atoms with Gasteiger partial charge in [0.1, 0.15) is 0 Å². The van der Waals surface area contributed by atoms with Crippen LogP contribution in [0, 0.1) is 11.8 Å². The molecule has 0 aromatic heterocycles. The van der Waals surface area contributed by atoms with Crippen LogP contribution in [0.1, 0.15) is 56.8 Å². The molecular weight excluding hydrogens is 426 g/mol. The highest BCUT2D eigenvalue weighted by molar-refractivity contribution is 9.10. The summed E-state index contributed by atoms with van der Waals surface area (Å²) < 4.78 is 16.8. The van der Waals surface area contributed by atoms with Crippen molar-refractivity contribution >= 4 is 27.8 Å². The van der Waals surface area contributed by atoms with Crippen LogP contribution in [-0.2, 0) is 9.53 Å². The number of esters is 1. The lowest BCUT2D eigenvalue weighted by Crippen LogP contribution is -2.45. The van der Waals surface area contributed by atoms with Gasteiger partial charge in [-0.1, -0.05) is 33.6 Å². The molecule has 1 amide bonds. The number of carbonyl (C=O) groups is 2. The van der Waals surface area contributed by atoms with Gasteiger partial charge in [0.15, 0.2) is 18.1 Å². The zero-order chi connectivity index (χ0) is 20.7. The Kier molecular flexibility index (Phi) is 8.60. The van der Waals surface area contributed by atoms with Crippen molar-refractivity contribution in [1.29, 1.82) is 0 Å². The molecule has 2 rings (SSSR count). The Morgan fingerprint density at radius 1 is 1.25 bits per heavy atom. The second-order valence-electron chi connectivity index (χ2n) is 7.36. The fourth-order valence-electron chi connectivity index (χ4n) is 3.43. The summed E-state index contributed by atoms with van der Waals surface area (Å²) in [7, 11) is 1.51. The van der Waals surface area contributed by atoms with E-state index in [9.17, 15) is 9.59 Å². The summed E-state index contributed by atoms with van der Waals surface area (Å²) in [5, 5.41) is 3.00. The van der Waals surface area contributed by atoms with Gasteiger partial charge in [-0.2, -0.15) is 0 Å². The molecule has 6 nitrogen and oxygen atoms in total. The average molecular weight is 456 g/mol. The lowest BCUT2D eigenvalue weighted by atomic mass is 9.78. The quantitative estimate of drug-likeness (QED) is 0.589. The molecule has 1 N–H and O–H groups in total. The minimum atomic E-state index is -0.582.